The molecule has 2 aromatic rings. The number of piperidine rings is 1. The van der Waals surface area contributed by atoms with E-state index in [2.05, 4.69) is 17.1 Å². The molecule has 3 rings (SSSR count). The van der Waals surface area contributed by atoms with Crippen LogP contribution in [0.3, 0.4) is 0 Å². The third-order valence-electron chi connectivity index (χ3n) is 4.88. The first-order chi connectivity index (χ1) is 12.7. The third-order valence-corrected chi connectivity index (χ3v) is 5.11. The Kier molecular flexibility index (Phi) is 6.67. The lowest BCUT2D eigenvalue weighted by atomic mass is 10.0. The van der Waals surface area contributed by atoms with Crippen LogP contribution in [0.15, 0.2) is 28.8 Å². The first kappa shape index (κ1) is 18.9. The molecule has 6 heteroatoms. The average molecular weight is 376 g/mol. The molecule has 5 nitrogen and oxygen atoms in total. The topological polar surface area (TPSA) is 59.2 Å². The van der Waals surface area contributed by atoms with Gasteiger partial charge in [-0.05, 0) is 37.8 Å². The molecular weight excluding hydrogens is 350 g/mol. The third kappa shape index (κ3) is 4.64. The predicted octanol–water partition coefficient (Wildman–Crippen LogP) is 5.41. The van der Waals surface area contributed by atoms with Crippen LogP contribution in [0.25, 0.3) is 11.4 Å². The molecule has 1 amide bonds. The molecule has 0 bridgehead atoms. The minimum absolute atomic E-state index is 0.108. The lowest BCUT2D eigenvalue weighted by molar-refractivity contribution is -0.135. The van der Waals surface area contributed by atoms with Gasteiger partial charge in [-0.2, -0.15) is 4.98 Å². The molecule has 0 saturated carbocycles. The Bertz CT molecular complexity index is 731. The monoisotopic (exact) mass is 375 g/mol. The fraction of sp³-hybridized carbons (Fsp3) is 0.550. The van der Waals surface area contributed by atoms with Crippen LogP contribution in [0.1, 0.15) is 70.2 Å². The van der Waals surface area contributed by atoms with E-state index in [1.165, 1.54) is 12.8 Å². The number of carbonyl (C=O) groups is 1. The van der Waals surface area contributed by atoms with E-state index in [1.807, 2.05) is 29.2 Å². The van der Waals surface area contributed by atoms with Crippen LogP contribution in [-0.2, 0) is 4.79 Å². The van der Waals surface area contributed by atoms with Gasteiger partial charge >= 0.3 is 0 Å². The lowest BCUT2D eigenvalue weighted by Crippen LogP contribution is -2.38. The molecular formula is C20H26ClN3O2. The fourth-order valence-corrected chi connectivity index (χ4v) is 3.64. The van der Waals surface area contributed by atoms with E-state index in [-0.39, 0.29) is 11.9 Å². The van der Waals surface area contributed by atoms with Gasteiger partial charge in [-0.15, -0.1) is 0 Å². The number of aromatic nitrogens is 2. The van der Waals surface area contributed by atoms with Crippen molar-refractivity contribution in [3.8, 4) is 11.4 Å². The first-order valence-electron chi connectivity index (χ1n) is 9.58. The van der Waals surface area contributed by atoms with Crippen molar-refractivity contribution in [2.45, 2.75) is 64.3 Å². The molecule has 0 aliphatic carbocycles. The number of hydrogen-bond acceptors (Lipinski definition) is 4. The Morgan fingerprint density at radius 3 is 3.00 bits per heavy atom. The molecule has 1 aromatic heterocycles. The Balaban J connectivity index is 1.71. The minimum atomic E-state index is -0.108. The molecule has 1 aromatic carbocycles. The van der Waals surface area contributed by atoms with Crippen molar-refractivity contribution < 1.29 is 9.32 Å². The Labute approximate surface area is 159 Å². The van der Waals surface area contributed by atoms with Crippen molar-refractivity contribution >= 4 is 17.5 Å². The highest BCUT2D eigenvalue weighted by molar-refractivity contribution is 6.30. The molecule has 0 spiro atoms. The molecule has 0 N–H and O–H groups in total. The van der Waals surface area contributed by atoms with Gasteiger partial charge in [0.05, 0.1) is 0 Å². The second-order valence-corrected chi connectivity index (χ2v) is 7.31. The van der Waals surface area contributed by atoms with Gasteiger partial charge in [0, 0.05) is 23.6 Å². The number of benzene rings is 1. The van der Waals surface area contributed by atoms with Gasteiger partial charge in [0.2, 0.25) is 17.6 Å². The number of hydrogen-bond donors (Lipinski definition) is 0. The molecule has 2 heterocycles. The number of amides is 1. The molecule has 1 atom stereocenters. The number of carbonyl (C=O) groups excluding carboxylic acids is 1. The zero-order valence-electron chi connectivity index (χ0n) is 15.3. The van der Waals surface area contributed by atoms with Gasteiger partial charge in [0.15, 0.2) is 0 Å². The molecule has 1 unspecified atom stereocenters. The van der Waals surface area contributed by atoms with E-state index < -0.39 is 0 Å². The van der Waals surface area contributed by atoms with E-state index in [1.54, 1.807) is 0 Å². The van der Waals surface area contributed by atoms with E-state index >= 15 is 0 Å². The summed E-state index contributed by atoms with van der Waals surface area (Å²) in [7, 11) is 0. The van der Waals surface area contributed by atoms with Gasteiger partial charge in [-0.25, -0.2) is 0 Å². The lowest BCUT2D eigenvalue weighted by Gasteiger charge is -2.33. The molecule has 1 fully saturated rings. The molecule has 1 aliphatic heterocycles. The Morgan fingerprint density at radius 1 is 1.31 bits per heavy atom. The fourth-order valence-electron chi connectivity index (χ4n) is 3.45. The number of nitrogens with zero attached hydrogens (tertiary/aromatic N) is 3. The highest BCUT2D eigenvalue weighted by atomic mass is 35.5. The van der Waals surface area contributed by atoms with Gasteiger partial charge < -0.3 is 9.42 Å². The summed E-state index contributed by atoms with van der Waals surface area (Å²) in [6, 6.07) is 7.28. The SMILES string of the molecule is CCCCCCC(=O)N1CCCCC1c1nc(-c2cccc(Cl)c2)no1. The number of halogens is 1. The molecule has 0 radical (unpaired) electrons. The summed E-state index contributed by atoms with van der Waals surface area (Å²) in [5, 5.41) is 4.73. The molecule has 1 aliphatic rings. The van der Waals surface area contributed by atoms with Gasteiger partial charge in [-0.3, -0.25) is 4.79 Å². The summed E-state index contributed by atoms with van der Waals surface area (Å²) in [5.74, 6) is 1.25. The summed E-state index contributed by atoms with van der Waals surface area (Å²) in [5.41, 5.74) is 0.820. The van der Waals surface area contributed by atoms with Crippen molar-refractivity contribution in [1.29, 1.82) is 0 Å². The quantitative estimate of drug-likeness (QED) is 0.606. The number of unbranched alkanes of at least 4 members (excludes halogenated alkanes) is 3. The van der Waals surface area contributed by atoms with Crippen LogP contribution in [0.4, 0.5) is 0 Å². The first-order valence-corrected chi connectivity index (χ1v) is 9.96. The van der Waals surface area contributed by atoms with Gasteiger partial charge in [0.25, 0.3) is 0 Å². The Hall–Kier alpha value is -1.88. The van der Waals surface area contributed by atoms with Crippen LogP contribution in [0.2, 0.25) is 5.02 Å². The van der Waals surface area contributed by atoms with Crippen molar-refractivity contribution in [3.05, 3.63) is 35.2 Å². The van der Waals surface area contributed by atoms with Crippen molar-refractivity contribution in [3.63, 3.8) is 0 Å². The second kappa shape index (κ2) is 9.17. The zero-order valence-corrected chi connectivity index (χ0v) is 16.0. The number of likely N-dealkylation sites (tertiary alicyclic amines) is 1. The predicted molar refractivity (Wildman–Crippen MR) is 102 cm³/mol. The van der Waals surface area contributed by atoms with Gasteiger partial charge in [-0.1, -0.05) is 55.1 Å². The average Bonchev–Trinajstić information content (AvgIpc) is 3.15. The Morgan fingerprint density at radius 2 is 2.19 bits per heavy atom. The maximum absolute atomic E-state index is 12.7. The standard InChI is InChI=1S/C20H26ClN3O2/c1-2-3-4-5-12-18(25)24-13-7-6-11-17(24)20-22-19(23-26-20)15-9-8-10-16(21)14-15/h8-10,14,17H,2-7,11-13H2,1H3. The van der Waals surface area contributed by atoms with Crippen molar-refractivity contribution in [2.24, 2.45) is 0 Å². The highest BCUT2D eigenvalue weighted by Gasteiger charge is 2.31. The summed E-state index contributed by atoms with van der Waals surface area (Å²) < 4.78 is 5.52. The maximum Gasteiger partial charge on any atom is 0.249 e. The summed E-state index contributed by atoms with van der Waals surface area (Å²) >= 11 is 6.05. The largest absolute Gasteiger partial charge is 0.337 e. The van der Waals surface area contributed by atoms with Crippen LogP contribution >= 0.6 is 11.6 Å². The van der Waals surface area contributed by atoms with E-state index in [0.29, 0.717) is 23.2 Å². The smallest absolute Gasteiger partial charge is 0.249 e. The zero-order chi connectivity index (χ0) is 18.4. The normalized spacial score (nSPS) is 17.5. The highest BCUT2D eigenvalue weighted by Crippen LogP contribution is 2.32. The molecule has 26 heavy (non-hydrogen) atoms. The van der Waals surface area contributed by atoms with Crippen molar-refractivity contribution in [1.82, 2.24) is 15.0 Å². The summed E-state index contributed by atoms with van der Waals surface area (Å²) in [4.78, 5) is 19.2. The van der Waals surface area contributed by atoms with Gasteiger partial charge in [0.1, 0.15) is 6.04 Å². The minimum Gasteiger partial charge on any atom is -0.337 e. The van der Waals surface area contributed by atoms with Crippen LogP contribution in [0, 0.1) is 0 Å². The summed E-state index contributed by atoms with van der Waals surface area (Å²) in [6.07, 6.45) is 8.00. The van der Waals surface area contributed by atoms with E-state index in [0.717, 1.165) is 44.2 Å². The summed E-state index contributed by atoms with van der Waals surface area (Å²) in [6.45, 7) is 2.95. The van der Waals surface area contributed by atoms with Crippen LogP contribution in [-0.4, -0.2) is 27.5 Å². The van der Waals surface area contributed by atoms with Crippen LogP contribution in [0.5, 0.6) is 0 Å². The molecule has 1 saturated heterocycles. The van der Waals surface area contributed by atoms with E-state index in [9.17, 15) is 4.79 Å². The van der Waals surface area contributed by atoms with Crippen molar-refractivity contribution in [2.75, 3.05) is 6.54 Å². The number of rotatable bonds is 7. The second-order valence-electron chi connectivity index (χ2n) is 6.88. The van der Waals surface area contributed by atoms with E-state index in [4.69, 9.17) is 16.1 Å². The van der Waals surface area contributed by atoms with Crippen LogP contribution < -0.4 is 0 Å². The maximum atomic E-state index is 12.7. The molecule has 140 valence electrons.